The second-order valence-electron chi connectivity index (χ2n) is 3.20. The lowest BCUT2D eigenvalue weighted by Gasteiger charge is -2.05. The Kier molecular flexibility index (Phi) is 4.96. The number of rotatable bonds is 4. The summed E-state index contributed by atoms with van der Waals surface area (Å²) < 4.78 is 4.80. The lowest BCUT2D eigenvalue weighted by molar-refractivity contribution is 0.0525. The fourth-order valence-corrected chi connectivity index (χ4v) is 1.45. The Bertz CT molecular complexity index is 383. The van der Waals surface area contributed by atoms with Gasteiger partial charge in [-0.1, -0.05) is 11.6 Å². The number of halogens is 2. The van der Waals surface area contributed by atoms with Crippen molar-refractivity contribution in [3.8, 4) is 0 Å². The van der Waals surface area contributed by atoms with Gasteiger partial charge in [-0.2, -0.15) is 0 Å². The van der Waals surface area contributed by atoms with Crippen LogP contribution in [0.15, 0.2) is 6.20 Å². The molecule has 1 atom stereocenters. The Morgan fingerprint density at radius 1 is 1.62 bits per heavy atom. The van der Waals surface area contributed by atoms with E-state index in [0.29, 0.717) is 12.2 Å². The van der Waals surface area contributed by atoms with Crippen molar-refractivity contribution < 1.29 is 9.53 Å². The average Bonchev–Trinajstić information content (AvgIpc) is 2.16. The van der Waals surface area contributed by atoms with Gasteiger partial charge in [-0.25, -0.2) is 14.8 Å². The van der Waals surface area contributed by atoms with Crippen molar-refractivity contribution in [3.05, 3.63) is 22.7 Å². The van der Waals surface area contributed by atoms with Gasteiger partial charge in [-0.05, 0) is 13.8 Å². The lowest BCUT2D eigenvalue weighted by atomic mass is 10.3. The molecule has 0 aromatic carbocycles. The molecule has 0 aliphatic carbocycles. The van der Waals surface area contributed by atoms with Crippen LogP contribution >= 0.6 is 23.2 Å². The van der Waals surface area contributed by atoms with E-state index in [1.807, 2.05) is 6.92 Å². The summed E-state index contributed by atoms with van der Waals surface area (Å²) in [6.45, 7) is 3.84. The van der Waals surface area contributed by atoms with Crippen LogP contribution in [0.25, 0.3) is 0 Å². The van der Waals surface area contributed by atoms with E-state index >= 15 is 0 Å². The van der Waals surface area contributed by atoms with Crippen molar-refractivity contribution >= 4 is 29.2 Å². The van der Waals surface area contributed by atoms with Gasteiger partial charge in [-0.3, -0.25) is 0 Å². The zero-order valence-electron chi connectivity index (χ0n) is 9.04. The summed E-state index contributed by atoms with van der Waals surface area (Å²) in [6.07, 6.45) is 1.87. The Balaban J connectivity index is 2.87. The molecule has 1 aromatic rings. The molecule has 0 radical (unpaired) electrons. The van der Waals surface area contributed by atoms with Crippen molar-refractivity contribution in [2.45, 2.75) is 25.6 Å². The fourth-order valence-electron chi connectivity index (χ4n) is 1.09. The van der Waals surface area contributed by atoms with Crippen LogP contribution in [0.3, 0.4) is 0 Å². The smallest absolute Gasteiger partial charge is 0.342 e. The second-order valence-corrected chi connectivity index (χ2v) is 4.30. The van der Waals surface area contributed by atoms with E-state index in [2.05, 4.69) is 9.97 Å². The highest BCUT2D eigenvalue weighted by atomic mass is 35.5. The predicted octanol–water partition coefficient (Wildman–Crippen LogP) is 2.48. The van der Waals surface area contributed by atoms with Gasteiger partial charge < -0.3 is 4.74 Å². The maximum atomic E-state index is 11.4. The van der Waals surface area contributed by atoms with Crippen LogP contribution in [0.1, 0.15) is 30.0 Å². The lowest BCUT2D eigenvalue weighted by Crippen LogP contribution is -2.10. The third kappa shape index (κ3) is 3.61. The minimum Gasteiger partial charge on any atom is -0.462 e. The van der Waals surface area contributed by atoms with Crippen LogP contribution in [0.4, 0.5) is 0 Å². The van der Waals surface area contributed by atoms with Crippen LogP contribution in [0.5, 0.6) is 0 Å². The van der Waals surface area contributed by atoms with Crippen LogP contribution in [-0.2, 0) is 11.2 Å². The van der Waals surface area contributed by atoms with Crippen LogP contribution < -0.4 is 0 Å². The quantitative estimate of drug-likeness (QED) is 0.475. The fraction of sp³-hybridized carbons (Fsp3) is 0.500. The first-order valence-electron chi connectivity index (χ1n) is 4.87. The highest BCUT2D eigenvalue weighted by molar-refractivity contribution is 6.32. The van der Waals surface area contributed by atoms with E-state index in [1.54, 1.807) is 6.92 Å². The molecule has 4 nitrogen and oxygen atoms in total. The van der Waals surface area contributed by atoms with E-state index < -0.39 is 5.97 Å². The molecule has 88 valence electrons. The number of esters is 1. The maximum Gasteiger partial charge on any atom is 0.342 e. The molecule has 0 amide bonds. The molecule has 0 bridgehead atoms. The molecule has 6 heteroatoms. The van der Waals surface area contributed by atoms with Crippen LogP contribution in [0.2, 0.25) is 5.15 Å². The molecule has 0 aliphatic rings. The summed E-state index contributed by atoms with van der Waals surface area (Å²) in [5.41, 5.74) is 0.175. The van der Waals surface area contributed by atoms with Gasteiger partial charge in [0.25, 0.3) is 0 Å². The predicted molar refractivity (Wildman–Crippen MR) is 62.0 cm³/mol. The zero-order chi connectivity index (χ0) is 12.1. The minimum atomic E-state index is -0.516. The number of hydrogen-bond acceptors (Lipinski definition) is 4. The van der Waals surface area contributed by atoms with Crippen molar-refractivity contribution in [2.24, 2.45) is 0 Å². The molecule has 0 aliphatic heterocycles. The molecule has 1 rings (SSSR count). The van der Waals surface area contributed by atoms with Crippen molar-refractivity contribution in [1.82, 2.24) is 9.97 Å². The molecule has 0 saturated carbocycles. The Morgan fingerprint density at radius 2 is 2.31 bits per heavy atom. The normalized spacial score (nSPS) is 12.2. The van der Waals surface area contributed by atoms with Crippen molar-refractivity contribution in [2.75, 3.05) is 6.61 Å². The first-order valence-corrected chi connectivity index (χ1v) is 5.68. The standard InChI is InChI=1S/C10H12Cl2N2O2/c1-3-16-10(15)7-5-13-8(4-6(2)11)14-9(7)12/h5-6H,3-4H2,1-2H3. The first kappa shape index (κ1) is 13.2. The third-order valence-corrected chi connectivity index (χ3v) is 2.19. The highest BCUT2D eigenvalue weighted by Gasteiger charge is 2.14. The Morgan fingerprint density at radius 3 is 2.81 bits per heavy atom. The highest BCUT2D eigenvalue weighted by Crippen LogP contribution is 2.14. The van der Waals surface area contributed by atoms with E-state index in [4.69, 9.17) is 27.9 Å². The van der Waals surface area contributed by atoms with Crippen molar-refractivity contribution in [1.29, 1.82) is 0 Å². The molecular weight excluding hydrogens is 251 g/mol. The summed E-state index contributed by atoms with van der Waals surface area (Å²) in [4.78, 5) is 19.4. The van der Waals surface area contributed by atoms with Gasteiger partial charge >= 0.3 is 5.97 Å². The summed E-state index contributed by atoms with van der Waals surface area (Å²) in [7, 11) is 0. The molecule has 16 heavy (non-hydrogen) atoms. The molecule has 1 unspecified atom stereocenters. The largest absolute Gasteiger partial charge is 0.462 e. The molecule has 0 saturated heterocycles. The molecule has 1 aromatic heterocycles. The summed E-state index contributed by atoms with van der Waals surface area (Å²) in [6, 6.07) is 0. The first-order chi connectivity index (χ1) is 7.54. The molecule has 0 fully saturated rings. The minimum absolute atomic E-state index is 0.0792. The van der Waals surface area contributed by atoms with Crippen LogP contribution in [-0.4, -0.2) is 27.9 Å². The third-order valence-electron chi connectivity index (χ3n) is 1.75. The van der Waals surface area contributed by atoms with Crippen LogP contribution in [0, 0.1) is 0 Å². The number of aromatic nitrogens is 2. The maximum absolute atomic E-state index is 11.4. The zero-order valence-corrected chi connectivity index (χ0v) is 10.5. The number of nitrogens with zero attached hydrogens (tertiary/aromatic N) is 2. The Labute approximate surface area is 104 Å². The number of alkyl halides is 1. The SMILES string of the molecule is CCOC(=O)c1cnc(CC(C)Cl)nc1Cl. The summed E-state index contributed by atoms with van der Waals surface area (Å²) >= 11 is 11.7. The number of ether oxygens (including phenoxy) is 1. The van der Waals surface area contributed by atoms with E-state index in [-0.39, 0.29) is 22.7 Å². The van der Waals surface area contributed by atoms with Gasteiger partial charge in [0.1, 0.15) is 16.5 Å². The molecule has 0 spiro atoms. The van der Waals surface area contributed by atoms with E-state index in [1.165, 1.54) is 6.20 Å². The van der Waals surface area contributed by atoms with Gasteiger partial charge in [0.2, 0.25) is 0 Å². The van der Waals surface area contributed by atoms with Gasteiger partial charge in [0, 0.05) is 18.0 Å². The second kappa shape index (κ2) is 6.01. The summed E-state index contributed by atoms with van der Waals surface area (Å²) in [5.74, 6) is -0.00137. The van der Waals surface area contributed by atoms with E-state index in [0.717, 1.165) is 0 Å². The van der Waals surface area contributed by atoms with Gasteiger partial charge in [0.05, 0.1) is 6.61 Å². The summed E-state index contributed by atoms with van der Waals surface area (Å²) in [5, 5.41) is 0.0188. The Hall–Kier alpha value is -0.870. The monoisotopic (exact) mass is 262 g/mol. The molecule has 1 heterocycles. The topological polar surface area (TPSA) is 52.1 Å². The number of carbonyl (C=O) groups is 1. The number of hydrogen-bond donors (Lipinski definition) is 0. The van der Waals surface area contributed by atoms with Crippen molar-refractivity contribution in [3.63, 3.8) is 0 Å². The number of carbonyl (C=O) groups excluding carboxylic acids is 1. The molecular formula is C10H12Cl2N2O2. The molecule has 0 N–H and O–H groups in total. The van der Waals surface area contributed by atoms with E-state index in [9.17, 15) is 4.79 Å². The van der Waals surface area contributed by atoms with Gasteiger partial charge in [-0.15, -0.1) is 11.6 Å². The van der Waals surface area contributed by atoms with Gasteiger partial charge in [0.15, 0.2) is 0 Å². The average molecular weight is 263 g/mol.